The first-order chi connectivity index (χ1) is 11.5. The number of ketones is 3. The van der Waals surface area contributed by atoms with Crippen molar-refractivity contribution in [2.75, 3.05) is 0 Å². The monoisotopic (exact) mass is 340 g/mol. The van der Waals surface area contributed by atoms with Crippen molar-refractivity contribution in [3.05, 3.63) is 70.7 Å². The van der Waals surface area contributed by atoms with E-state index in [-0.39, 0.29) is 42.5 Å². The maximum Gasteiger partial charge on any atom is 0.155 e. The van der Waals surface area contributed by atoms with E-state index in [4.69, 9.17) is 11.6 Å². The van der Waals surface area contributed by atoms with Gasteiger partial charge in [0.05, 0.1) is 0 Å². The highest BCUT2D eigenvalue weighted by Gasteiger charge is 2.40. The van der Waals surface area contributed by atoms with Crippen LogP contribution in [0.5, 0.6) is 0 Å². The molecule has 1 aliphatic carbocycles. The second-order valence-corrected chi connectivity index (χ2v) is 6.59. The Morgan fingerprint density at radius 2 is 1.50 bits per heavy atom. The highest BCUT2D eigenvalue weighted by Crippen LogP contribution is 2.32. The summed E-state index contributed by atoms with van der Waals surface area (Å²) in [4.78, 5) is 37.3. The van der Waals surface area contributed by atoms with Crippen molar-refractivity contribution in [2.45, 2.75) is 25.2 Å². The molecular formula is C20H17ClO3. The van der Waals surface area contributed by atoms with Gasteiger partial charge in [-0.1, -0.05) is 54.1 Å². The molecule has 0 bridgehead atoms. The lowest BCUT2D eigenvalue weighted by Crippen LogP contribution is -2.38. The SMILES string of the molecule is O=C(Cc1ccc(Cl)cc1)C1C(=O)CC(c2ccccc2)CC1=O. The van der Waals surface area contributed by atoms with E-state index in [1.54, 1.807) is 24.3 Å². The zero-order chi connectivity index (χ0) is 17.1. The minimum atomic E-state index is -1.11. The van der Waals surface area contributed by atoms with Crippen LogP contribution in [0, 0.1) is 5.92 Å². The van der Waals surface area contributed by atoms with Crippen molar-refractivity contribution in [1.82, 2.24) is 0 Å². The van der Waals surface area contributed by atoms with Crippen molar-refractivity contribution in [1.29, 1.82) is 0 Å². The van der Waals surface area contributed by atoms with Gasteiger partial charge >= 0.3 is 0 Å². The van der Waals surface area contributed by atoms with Crippen LogP contribution in [0.1, 0.15) is 29.9 Å². The van der Waals surface area contributed by atoms with E-state index in [9.17, 15) is 14.4 Å². The fourth-order valence-electron chi connectivity index (χ4n) is 3.20. The Hall–Kier alpha value is -2.26. The van der Waals surface area contributed by atoms with Gasteiger partial charge in [0.15, 0.2) is 17.3 Å². The van der Waals surface area contributed by atoms with Crippen LogP contribution in [-0.2, 0) is 20.8 Å². The molecule has 3 nitrogen and oxygen atoms in total. The molecule has 0 radical (unpaired) electrons. The summed E-state index contributed by atoms with van der Waals surface area (Å²) < 4.78 is 0. The summed E-state index contributed by atoms with van der Waals surface area (Å²) in [6.45, 7) is 0. The quantitative estimate of drug-likeness (QED) is 0.796. The first kappa shape index (κ1) is 16.6. The van der Waals surface area contributed by atoms with Crippen molar-refractivity contribution in [3.8, 4) is 0 Å². The maximum absolute atomic E-state index is 12.4. The van der Waals surface area contributed by atoms with Gasteiger partial charge in [0.1, 0.15) is 5.92 Å². The average molecular weight is 341 g/mol. The van der Waals surface area contributed by atoms with Crippen LogP contribution in [0.4, 0.5) is 0 Å². The molecule has 0 amide bonds. The molecule has 1 saturated carbocycles. The van der Waals surface area contributed by atoms with Crippen LogP contribution in [0.2, 0.25) is 5.02 Å². The molecule has 0 aliphatic heterocycles. The van der Waals surface area contributed by atoms with Gasteiger partial charge in [-0.3, -0.25) is 14.4 Å². The predicted molar refractivity (Wildman–Crippen MR) is 92.1 cm³/mol. The van der Waals surface area contributed by atoms with Crippen LogP contribution in [0.3, 0.4) is 0 Å². The molecule has 1 aliphatic rings. The molecule has 0 spiro atoms. The Bertz CT molecular complexity index is 747. The summed E-state index contributed by atoms with van der Waals surface area (Å²) in [7, 11) is 0. The van der Waals surface area contributed by atoms with Crippen LogP contribution >= 0.6 is 11.6 Å². The summed E-state index contributed by atoms with van der Waals surface area (Å²) in [6.07, 6.45) is 0.564. The number of hydrogen-bond acceptors (Lipinski definition) is 3. The summed E-state index contributed by atoms with van der Waals surface area (Å²) >= 11 is 5.82. The molecule has 0 atom stereocenters. The van der Waals surface area contributed by atoms with Gasteiger partial charge in [-0.05, 0) is 29.2 Å². The molecule has 2 aromatic carbocycles. The largest absolute Gasteiger partial charge is 0.298 e. The zero-order valence-electron chi connectivity index (χ0n) is 13.1. The topological polar surface area (TPSA) is 51.2 Å². The fourth-order valence-corrected chi connectivity index (χ4v) is 3.32. The average Bonchev–Trinajstić information content (AvgIpc) is 2.57. The van der Waals surface area contributed by atoms with Crippen molar-refractivity contribution >= 4 is 29.0 Å². The number of Topliss-reactive ketones (excluding diaryl/α,β-unsaturated/α-hetero) is 3. The van der Waals surface area contributed by atoms with E-state index in [1.807, 2.05) is 30.3 Å². The standard InChI is InChI=1S/C20H17ClO3/c21-16-8-6-13(7-9-16)10-17(22)20-18(23)11-15(12-19(20)24)14-4-2-1-3-5-14/h1-9,15,20H,10-12H2. The number of halogens is 1. The third-order valence-corrected chi connectivity index (χ3v) is 4.68. The molecule has 0 aromatic heterocycles. The van der Waals surface area contributed by atoms with Crippen molar-refractivity contribution < 1.29 is 14.4 Å². The number of rotatable bonds is 4. The molecule has 4 heteroatoms. The van der Waals surface area contributed by atoms with Gasteiger partial charge < -0.3 is 0 Å². The lowest BCUT2D eigenvalue weighted by atomic mass is 9.74. The van der Waals surface area contributed by atoms with E-state index in [2.05, 4.69) is 0 Å². The number of benzene rings is 2. The number of carbonyl (C=O) groups excluding carboxylic acids is 3. The van der Waals surface area contributed by atoms with Gasteiger partial charge in [0, 0.05) is 24.3 Å². The van der Waals surface area contributed by atoms with Crippen molar-refractivity contribution in [2.24, 2.45) is 5.92 Å². The fraction of sp³-hybridized carbons (Fsp3) is 0.250. The minimum Gasteiger partial charge on any atom is -0.298 e. The number of hydrogen-bond donors (Lipinski definition) is 0. The van der Waals surface area contributed by atoms with Gasteiger partial charge in [0.2, 0.25) is 0 Å². The molecular weight excluding hydrogens is 324 g/mol. The first-order valence-corrected chi connectivity index (χ1v) is 8.30. The smallest absolute Gasteiger partial charge is 0.155 e. The first-order valence-electron chi connectivity index (χ1n) is 7.92. The lowest BCUT2D eigenvalue weighted by molar-refractivity contribution is -0.142. The van der Waals surface area contributed by atoms with Crippen LogP contribution in [0.25, 0.3) is 0 Å². The Kier molecular flexibility index (Phi) is 4.91. The summed E-state index contributed by atoms with van der Waals surface area (Å²) in [6, 6.07) is 16.4. The van der Waals surface area contributed by atoms with E-state index < -0.39 is 5.92 Å². The minimum absolute atomic E-state index is 0.0787. The molecule has 0 unspecified atom stereocenters. The second-order valence-electron chi connectivity index (χ2n) is 6.15. The zero-order valence-corrected chi connectivity index (χ0v) is 13.8. The van der Waals surface area contributed by atoms with Gasteiger partial charge in [0.25, 0.3) is 0 Å². The van der Waals surface area contributed by atoms with E-state index in [1.165, 1.54) is 0 Å². The Morgan fingerprint density at radius 3 is 2.08 bits per heavy atom. The molecule has 0 N–H and O–H groups in total. The normalized spacial score (nSPS) is 20.9. The van der Waals surface area contributed by atoms with Crippen LogP contribution < -0.4 is 0 Å². The van der Waals surface area contributed by atoms with Gasteiger partial charge in [-0.25, -0.2) is 0 Å². The maximum atomic E-state index is 12.4. The summed E-state index contributed by atoms with van der Waals surface area (Å²) in [5.74, 6) is -2.08. The third-order valence-electron chi connectivity index (χ3n) is 4.42. The lowest BCUT2D eigenvalue weighted by Gasteiger charge is -2.26. The van der Waals surface area contributed by atoms with E-state index >= 15 is 0 Å². The second kappa shape index (κ2) is 7.10. The highest BCUT2D eigenvalue weighted by atomic mass is 35.5. The third kappa shape index (κ3) is 3.62. The summed E-state index contributed by atoms with van der Waals surface area (Å²) in [5, 5.41) is 0.585. The van der Waals surface area contributed by atoms with Gasteiger partial charge in [-0.15, -0.1) is 0 Å². The van der Waals surface area contributed by atoms with E-state index in [0.717, 1.165) is 11.1 Å². The molecule has 3 rings (SSSR count). The number of carbonyl (C=O) groups is 3. The van der Waals surface area contributed by atoms with Crippen molar-refractivity contribution in [3.63, 3.8) is 0 Å². The Morgan fingerprint density at radius 1 is 0.917 bits per heavy atom. The molecule has 122 valence electrons. The molecule has 0 heterocycles. The Labute approximate surface area is 145 Å². The molecule has 0 saturated heterocycles. The Balaban J connectivity index is 1.71. The van der Waals surface area contributed by atoms with Crippen LogP contribution in [0.15, 0.2) is 54.6 Å². The molecule has 2 aromatic rings. The summed E-state index contributed by atoms with van der Waals surface area (Å²) in [5.41, 5.74) is 1.73. The molecule has 24 heavy (non-hydrogen) atoms. The van der Waals surface area contributed by atoms with E-state index in [0.29, 0.717) is 5.02 Å². The van der Waals surface area contributed by atoms with Crippen LogP contribution in [-0.4, -0.2) is 17.3 Å². The highest BCUT2D eigenvalue weighted by molar-refractivity contribution is 6.30. The predicted octanol–water partition coefficient (Wildman–Crippen LogP) is 3.78. The van der Waals surface area contributed by atoms with Gasteiger partial charge in [-0.2, -0.15) is 0 Å². The molecule has 1 fully saturated rings.